The minimum atomic E-state index is -2.73. The number of rotatable bonds is 5. The van der Waals surface area contributed by atoms with Crippen LogP contribution < -0.4 is 0 Å². The lowest BCUT2D eigenvalue weighted by atomic mass is 10.1. The molecule has 0 amide bonds. The maximum Gasteiger partial charge on any atom is 0.543 e. The van der Waals surface area contributed by atoms with Gasteiger partial charge in [0.15, 0.2) is 0 Å². The largest absolute Gasteiger partial charge is 0.543 e. The second-order valence-electron chi connectivity index (χ2n) is 2.27. The van der Waals surface area contributed by atoms with E-state index in [0.717, 1.165) is 6.07 Å². The number of nitrogens with zero attached hydrogens (tertiary/aromatic N) is 3. The Labute approximate surface area is 73.6 Å². The fourth-order valence-electron chi connectivity index (χ4n) is 0.690. The molecule has 0 aliphatic carbocycles. The first-order valence-electron chi connectivity index (χ1n) is 3.32. The highest BCUT2D eigenvalue weighted by Crippen LogP contribution is 2.17. The van der Waals surface area contributed by atoms with Crippen molar-refractivity contribution < 1.29 is 9.85 Å². The van der Waals surface area contributed by atoms with Gasteiger partial charge in [0.1, 0.15) is 16.3 Å². The molecule has 0 aromatic heterocycles. The summed E-state index contributed by atoms with van der Waals surface area (Å²) in [5.74, 6) is 0. The van der Waals surface area contributed by atoms with Crippen LogP contribution in [0, 0.1) is 31.6 Å². The van der Waals surface area contributed by atoms with Crippen LogP contribution in [0.25, 0.3) is 0 Å². The van der Waals surface area contributed by atoms with Gasteiger partial charge in [-0.15, -0.1) is 6.58 Å². The van der Waals surface area contributed by atoms with Crippen LogP contribution in [0.5, 0.6) is 0 Å². The number of hydrogen-bond acceptors (Lipinski definition) is 5. The van der Waals surface area contributed by atoms with E-state index in [-0.39, 0.29) is 6.42 Å². The average Bonchev–Trinajstić information content (AvgIpc) is 2.05. The van der Waals surface area contributed by atoms with E-state index in [4.69, 9.17) is 5.26 Å². The molecule has 0 rings (SSSR count). The van der Waals surface area contributed by atoms with Crippen LogP contribution in [0.1, 0.15) is 12.8 Å². The van der Waals surface area contributed by atoms with Crippen molar-refractivity contribution in [3.63, 3.8) is 0 Å². The zero-order chi connectivity index (χ0) is 10.5. The predicted octanol–water partition coefficient (Wildman–Crippen LogP) is 0.726. The molecule has 7 heteroatoms. The van der Waals surface area contributed by atoms with E-state index in [0.29, 0.717) is 0 Å². The molecule has 7 nitrogen and oxygen atoms in total. The highest BCUT2D eigenvalue weighted by Gasteiger charge is 2.56. The third kappa shape index (κ3) is 1.99. The Hall–Kier alpha value is -1.97. The number of hydrogen-bond donors (Lipinski definition) is 0. The van der Waals surface area contributed by atoms with Crippen molar-refractivity contribution in [3.05, 3.63) is 32.9 Å². The first-order chi connectivity index (χ1) is 6.01. The molecule has 13 heavy (non-hydrogen) atoms. The predicted molar refractivity (Wildman–Crippen MR) is 41.8 cm³/mol. The summed E-state index contributed by atoms with van der Waals surface area (Å²) < 4.78 is 0. The van der Waals surface area contributed by atoms with Crippen molar-refractivity contribution in [3.8, 4) is 6.07 Å². The highest BCUT2D eigenvalue weighted by molar-refractivity contribution is 4.93. The van der Waals surface area contributed by atoms with Crippen molar-refractivity contribution in [1.29, 1.82) is 5.26 Å². The summed E-state index contributed by atoms with van der Waals surface area (Å²) in [6.07, 6.45) is 0.877. The lowest BCUT2D eigenvalue weighted by molar-refractivity contribution is -0.778. The second-order valence-corrected chi connectivity index (χ2v) is 2.27. The van der Waals surface area contributed by atoms with E-state index in [1.54, 1.807) is 0 Å². The van der Waals surface area contributed by atoms with Crippen LogP contribution in [-0.4, -0.2) is 15.5 Å². The normalized spacial score (nSPS) is 10.1. The van der Waals surface area contributed by atoms with Crippen LogP contribution in [0.4, 0.5) is 0 Å². The zero-order valence-electron chi connectivity index (χ0n) is 6.67. The van der Waals surface area contributed by atoms with Crippen LogP contribution in [0.2, 0.25) is 0 Å². The fourth-order valence-corrected chi connectivity index (χ4v) is 0.690. The van der Waals surface area contributed by atoms with Crippen LogP contribution in [0.15, 0.2) is 12.7 Å². The molecule has 0 saturated carbocycles. The molecule has 70 valence electrons. The Bertz CT molecular complexity index is 266. The van der Waals surface area contributed by atoms with E-state index in [1.807, 2.05) is 0 Å². The summed E-state index contributed by atoms with van der Waals surface area (Å²) in [4.78, 5) is 18.2. The molecule has 0 radical (unpaired) electrons. The SMILES string of the molecule is C=CCCC(C#N)([N+](=O)[O-])[N+](=O)[O-]. The van der Waals surface area contributed by atoms with Crippen molar-refractivity contribution >= 4 is 0 Å². The van der Waals surface area contributed by atoms with Crippen LogP contribution in [0.3, 0.4) is 0 Å². The first-order valence-corrected chi connectivity index (χ1v) is 3.32. The summed E-state index contributed by atoms with van der Waals surface area (Å²) in [7, 11) is 0. The van der Waals surface area contributed by atoms with Gasteiger partial charge >= 0.3 is 5.66 Å². The lowest BCUT2D eigenvalue weighted by Gasteiger charge is -2.07. The topological polar surface area (TPSA) is 110 Å². The number of nitriles is 1. The van der Waals surface area contributed by atoms with Gasteiger partial charge in [0.25, 0.3) is 0 Å². The Morgan fingerprint density at radius 3 is 2.15 bits per heavy atom. The second kappa shape index (κ2) is 4.15. The molecular formula is C6H7N3O4. The standard InChI is InChI=1S/C6H7N3O4/c1-2-3-4-6(5-7,8(10)11)9(12)13/h2H,1,3-4H2. The van der Waals surface area contributed by atoms with Crippen molar-refractivity contribution in [1.82, 2.24) is 0 Å². The Balaban J connectivity index is 4.90. The molecule has 0 fully saturated rings. The van der Waals surface area contributed by atoms with Gasteiger partial charge in [-0.3, -0.25) is 20.2 Å². The van der Waals surface area contributed by atoms with Gasteiger partial charge in [-0.1, -0.05) is 6.08 Å². The molecule has 0 bridgehead atoms. The Morgan fingerprint density at radius 1 is 1.46 bits per heavy atom. The van der Waals surface area contributed by atoms with Crippen LogP contribution >= 0.6 is 0 Å². The summed E-state index contributed by atoms with van der Waals surface area (Å²) in [6, 6.07) is 1.10. The molecule has 0 aromatic carbocycles. The molecule has 0 heterocycles. The van der Waals surface area contributed by atoms with E-state index >= 15 is 0 Å². The van der Waals surface area contributed by atoms with Gasteiger partial charge < -0.3 is 0 Å². The molecule has 0 aliphatic heterocycles. The maximum absolute atomic E-state index is 10.3. The number of allylic oxidation sites excluding steroid dienone is 1. The van der Waals surface area contributed by atoms with Crippen LogP contribution in [-0.2, 0) is 0 Å². The Kier molecular flexibility index (Phi) is 3.53. The van der Waals surface area contributed by atoms with Gasteiger partial charge in [-0.25, -0.2) is 0 Å². The molecule has 0 spiro atoms. The quantitative estimate of drug-likeness (QED) is 0.271. The monoisotopic (exact) mass is 185 g/mol. The van der Waals surface area contributed by atoms with Gasteiger partial charge in [0.2, 0.25) is 6.07 Å². The summed E-state index contributed by atoms with van der Waals surface area (Å²) >= 11 is 0. The van der Waals surface area contributed by atoms with Crippen molar-refractivity contribution in [2.45, 2.75) is 18.5 Å². The van der Waals surface area contributed by atoms with E-state index < -0.39 is 21.9 Å². The van der Waals surface area contributed by atoms with E-state index in [2.05, 4.69) is 6.58 Å². The molecule has 0 saturated heterocycles. The van der Waals surface area contributed by atoms with Gasteiger partial charge in [0, 0.05) is 0 Å². The van der Waals surface area contributed by atoms with Crippen molar-refractivity contribution in [2.75, 3.05) is 0 Å². The molecule has 0 aliphatic rings. The van der Waals surface area contributed by atoms with Gasteiger partial charge in [-0.2, -0.15) is 5.26 Å². The Morgan fingerprint density at radius 2 is 1.92 bits per heavy atom. The zero-order valence-corrected chi connectivity index (χ0v) is 6.67. The number of nitro groups is 2. The smallest absolute Gasteiger partial charge is 0.257 e. The summed E-state index contributed by atoms with van der Waals surface area (Å²) in [6.45, 7) is 3.26. The molecule has 0 N–H and O–H groups in total. The molecular weight excluding hydrogens is 178 g/mol. The average molecular weight is 185 g/mol. The molecule has 0 aromatic rings. The van der Waals surface area contributed by atoms with Crippen molar-refractivity contribution in [2.24, 2.45) is 0 Å². The first kappa shape index (κ1) is 11.0. The minimum Gasteiger partial charge on any atom is -0.257 e. The van der Waals surface area contributed by atoms with Gasteiger partial charge in [0.05, 0.1) is 0 Å². The summed E-state index contributed by atoms with van der Waals surface area (Å²) in [5, 5.41) is 29.0. The van der Waals surface area contributed by atoms with E-state index in [1.165, 1.54) is 6.08 Å². The third-order valence-electron chi connectivity index (χ3n) is 1.48. The fraction of sp³-hybridized carbons (Fsp3) is 0.500. The summed E-state index contributed by atoms with van der Waals surface area (Å²) in [5.41, 5.74) is -2.73. The van der Waals surface area contributed by atoms with Gasteiger partial charge in [-0.05, 0) is 6.42 Å². The van der Waals surface area contributed by atoms with E-state index in [9.17, 15) is 20.2 Å². The third-order valence-corrected chi connectivity index (χ3v) is 1.48. The molecule has 0 atom stereocenters. The minimum absolute atomic E-state index is 0.0511. The maximum atomic E-state index is 10.3. The highest BCUT2D eigenvalue weighted by atomic mass is 16.7. The lowest BCUT2D eigenvalue weighted by Crippen LogP contribution is -2.44. The molecule has 0 unspecified atom stereocenters.